The normalized spacial score (nSPS) is 6.61. The first-order valence-electron chi connectivity index (χ1n) is 4.16. The van der Waals surface area contributed by atoms with Gasteiger partial charge in [-0.1, -0.05) is 44.2 Å². The molecular formula is C10H15FeNaO5S. The molecule has 1 aromatic rings. The average Bonchev–Trinajstić information content (AvgIpc) is 2.36. The van der Waals surface area contributed by atoms with E-state index in [1.807, 2.05) is 12.9 Å². The molecule has 0 heterocycles. The molecule has 0 saturated heterocycles. The summed E-state index contributed by atoms with van der Waals surface area (Å²) in [6.07, 6.45) is 0. The minimum Gasteiger partial charge on any atom is -0.811 e. The average molecular weight is 326 g/mol. The van der Waals surface area contributed by atoms with E-state index in [-0.39, 0.29) is 46.6 Å². The Morgan fingerprint density at radius 1 is 1.11 bits per heavy atom. The molecule has 5 nitrogen and oxygen atoms in total. The smallest absolute Gasteiger partial charge is 0.811 e. The number of hydrogen-bond acceptors (Lipinski definition) is 6. The molecule has 0 spiro atoms. The number of carbonyl (C=O) groups is 1. The van der Waals surface area contributed by atoms with Crippen molar-refractivity contribution in [3.05, 3.63) is 35.9 Å². The maximum Gasteiger partial charge on any atom is 2.00 e. The van der Waals surface area contributed by atoms with Gasteiger partial charge >= 0.3 is 46.6 Å². The van der Waals surface area contributed by atoms with Crippen molar-refractivity contribution in [2.24, 2.45) is 0 Å². The van der Waals surface area contributed by atoms with Crippen LogP contribution in [0.1, 0.15) is 25.3 Å². The standard InChI is InChI=1S/C9H12.CH2O.Fe.Na.H2O2S.H2O2/c1-8(2)9-6-4-3-5-7-9;1-2;;;1-3-2;1-2/h3-8H,1-2H3;1H2;;;1-2H;1-2H/q;;+2;+1;;/p-3. The van der Waals surface area contributed by atoms with Gasteiger partial charge in [-0.05, 0) is 11.5 Å². The number of hydrogen-bond donors (Lipinski definition) is 1. The summed E-state index contributed by atoms with van der Waals surface area (Å²) >= 11 is -0.750. The van der Waals surface area contributed by atoms with Gasteiger partial charge in [0.25, 0.3) is 0 Å². The van der Waals surface area contributed by atoms with Crippen molar-refractivity contribution in [2.45, 2.75) is 19.8 Å². The van der Waals surface area contributed by atoms with E-state index in [0.717, 1.165) is 0 Å². The van der Waals surface area contributed by atoms with Gasteiger partial charge in [-0.2, -0.15) is 0 Å². The minimum atomic E-state index is -0.750. The molecule has 18 heavy (non-hydrogen) atoms. The molecule has 0 radical (unpaired) electrons. The van der Waals surface area contributed by atoms with Crippen molar-refractivity contribution in [1.29, 1.82) is 0 Å². The second-order valence-electron chi connectivity index (χ2n) is 2.63. The van der Waals surface area contributed by atoms with Crippen LogP contribution in [0.4, 0.5) is 0 Å². The fraction of sp³-hybridized carbons (Fsp3) is 0.300. The third-order valence-corrected chi connectivity index (χ3v) is 1.47. The topological polar surface area (TPSA) is 106 Å². The Hall–Kier alpha value is 0.599. The van der Waals surface area contributed by atoms with E-state index in [1.165, 1.54) is 5.56 Å². The first-order valence-corrected chi connectivity index (χ1v) is 4.83. The Bertz CT molecular complexity index is 217. The summed E-state index contributed by atoms with van der Waals surface area (Å²) in [5.41, 5.74) is 1.41. The Balaban J connectivity index is -0.0000000545. The Labute approximate surface area is 145 Å². The Morgan fingerprint density at radius 2 is 1.39 bits per heavy atom. The quantitative estimate of drug-likeness (QED) is 0.289. The molecule has 0 aliphatic carbocycles. The molecule has 1 aromatic carbocycles. The van der Waals surface area contributed by atoms with Gasteiger partial charge in [-0.25, -0.2) is 0 Å². The van der Waals surface area contributed by atoms with Crippen LogP contribution >= 0.6 is 12.3 Å². The summed E-state index contributed by atoms with van der Waals surface area (Å²) in [4.78, 5) is 8.00. The first kappa shape index (κ1) is 31.1. The van der Waals surface area contributed by atoms with Crippen LogP contribution in [0.3, 0.4) is 0 Å². The van der Waals surface area contributed by atoms with Crippen molar-refractivity contribution in [1.82, 2.24) is 0 Å². The van der Waals surface area contributed by atoms with Gasteiger partial charge in [-0.15, -0.1) is 0 Å². The molecular weight excluding hydrogens is 311 g/mol. The molecule has 0 unspecified atom stereocenters. The van der Waals surface area contributed by atoms with Crippen molar-refractivity contribution in [3.8, 4) is 0 Å². The Kier molecular flexibility index (Phi) is 52.9. The van der Waals surface area contributed by atoms with Gasteiger partial charge in [0.15, 0.2) is 0 Å². The van der Waals surface area contributed by atoms with Gasteiger partial charge in [0.2, 0.25) is 0 Å². The number of benzene rings is 1. The van der Waals surface area contributed by atoms with Crippen molar-refractivity contribution >= 4 is 19.1 Å². The molecule has 0 atom stereocenters. The van der Waals surface area contributed by atoms with Gasteiger partial charge in [0.1, 0.15) is 6.79 Å². The van der Waals surface area contributed by atoms with E-state index >= 15 is 0 Å². The van der Waals surface area contributed by atoms with Crippen molar-refractivity contribution in [3.63, 3.8) is 0 Å². The molecule has 0 bridgehead atoms. The zero-order valence-electron chi connectivity index (χ0n) is 10.5. The maximum atomic E-state index is 8.29. The maximum absolute atomic E-state index is 8.29. The van der Waals surface area contributed by atoms with E-state index in [1.54, 1.807) is 0 Å². The molecule has 8 heteroatoms. The molecule has 0 fully saturated rings. The summed E-state index contributed by atoms with van der Waals surface area (Å²) in [7, 11) is 0. The van der Waals surface area contributed by atoms with E-state index in [2.05, 4.69) is 38.1 Å². The van der Waals surface area contributed by atoms with Gasteiger partial charge in [-0.3, -0.25) is 0 Å². The van der Waals surface area contributed by atoms with E-state index < -0.39 is 12.3 Å². The number of carbonyl (C=O) groups excluding carboxylic acids is 1. The third-order valence-electron chi connectivity index (χ3n) is 1.47. The van der Waals surface area contributed by atoms with Crippen molar-refractivity contribution in [2.75, 3.05) is 0 Å². The zero-order chi connectivity index (χ0) is 13.4. The fourth-order valence-corrected chi connectivity index (χ4v) is 0.838. The summed E-state index contributed by atoms with van der Waals surface area (Å²) in [5, 5.41) is 13.0. The molecule has 1 rings (SSSR count). The molecule has 0 aromatic heterocycles. The Morgan fingerprint density at radius 3 is 1.56 bits per heavy atom. The van der Waals surface area contributed by atoms with Crippen LogP contribution in [0.5, 0.6) is 0 Å². The summed E-state index contributed by atoms with van der Waals surface area (Å²) in [6.45, 7) is 6.41. The van der Waals surface area contributed by atoms with E-state index in [0.29, 0.717) is 5.92 Å². The van der Waals surface area contributed by atoms with Gasteiger partial charge in [0.05, 0.1) is 0 Å². The number of rotatable bonds is 1. The molecule has 0 amide bonds. The minimum absolute atomic E-state index is 0. The van der Waals surface area contributed by atoms with Gasteiger partial charge in [0, 0.05) is 0 Å². The van der Waals surface area contributed by atoms with Crippen LogP contribution in [-0.2, 0) is 21.9 Å². The zero-order valence-corrected chi connectivity index (χ0v) is 14.4. The van der Waals surface area contributed by atoms with Gasteiger partial charge < -0.3 is 36.7 Å². The van der Waals surface area contributed by atoms with E-state index in [4.69, 9.17) is 24.4 Å². The van der Waals surface area contributed by atoms with Crippen LogP contribution in [-0.4, -0.2) is 21.2 Å². The SMILES string of the molecule is C=O.CC(C)c1ccccc1.[Fe+2].[Na+].[O-]O.[O-]S[O-]. The van der Waals surface area contributed by atoms with Crippen LogP contribution in [0.2, 0.25) is 0 Å². The molecule has 0 aliphatic rings. The van der Waals surface area contributed by atoms with E-state index in [9.17, 15) is 0 Å². The predicted octanol–water partition coefficient (Wildman–Crippen LogP) is -1.57. The fourth-order valence-electron chi connectivity index (χ4n) is 0.838. The largest absolute Gasteiger partial charge is 2.00 e. The van der Waals surface area contributed by atoms with Crippen LogP contribution in [0.15, 0.2) is 30.3 Å². The predicted molar refractivity (Wildman–Crippen MR) is 59.4 cm³/mol. The van der Waals surface area contributed by atoms with Crippen LogP contribution in [0, 0.1) is 0 Å². The monoisotopic (exact) mass is 326 g/mol. The molecule has 1 N–H and O–H groups in total. The first-order chi connectivity index (χ1) is 7.72. The van der Waals surface area contributed by atoms with Crippen LogP contribution in [0.25, 0.3) is 0 Å². The molecule has 0 aliphatic heterocycles. The summed E-state index contributed by atoms with van der Waals surface area (Å²) in [6, 6.07) is 10.5. The molecule has 100 valence electrons. The van der Waals surface area contributed by atoms with Crippen LogP contribution < -0.4 is 34.8 Å². The summed E-state index contributed by atoms with van der Waals surface area (Å²) < 4.78 is 16.6. The molecule has 0 saturated carbocycles. The second kappa shape index (κ2) is 30.5. The second-order valence-corrected chi connectivity index (χ2v) is 2.77. The summed E-state index contributed by atoms with van der Waals surface area (Å²) in [5.74, 6) is 0.659. The third kappa shape index (κ3) is 25.4. The van der Waals surface area contributed by atoms with Crippen molar-refractivity contribution < 1.29 is 71.0 Å².